The zero-order valence-electron chi connectivity index (χ0n) is 12.5. The van der Waals surface area contributed by atoms with Gasteiger partial charge in [-0.3, -0.25) is 0 Å². The summed E-state index contributed by atoms with van der Waals surface area (Å²) < 4.78 is 27.1. The molecule has 0 aromatic heterocycles. The molecule has 0 bridgehead atoms. The van der Waals surface area contributed by atoms with E-state index in [1.807, 2.05) is 12.0 Å². The molecule has 0 nitrogen and oxygen atoms in total. The normalized spacial score (nSPS) is 22.4. The maximum Gasteiger partial charge on any atom is 0.142 e. The Morgan fingerprint density at radius 2 is 1.81 bits per heavy atom. The Kier molecular flexibility index (Phi) is 5.56. The predicted molar refractivity (Wildman–Crippen MR) is 83.7 cm³/mol. The van der Waals surface area contributed by atoms with Gasteiger partial charge in [0.05, 0.1) is 5.56 Å². The van der Waals surface area contributed by atoms with Gasteiger partial charge in [0, 0.05) is 0 Å². The predicted octanol–water partition coefficient (Wildman–Crippen LogP) is 5.57. The van der Waals surface area contributed by atoms with Gasteiger partial charge in [0.25, 0.3) is 0 Å². The van der Waals surface area contributed by atoms with Crippen molar-refractivity contribution in [3.8, 4) is 12.3 Å². The summed E-state index contributed by atoms with van der Waals surface area (Å²) in [4.78, 5) is 0. The van der Waals surface area contributed by atoms with Crippen LogP contribution in [-0.4, -0.2) is 0 Å². The van der Waals surface area contributed by atoms with Gasteiger partial charge in [0.15, 0.2) is 0 Å². The molecule has 1 aromatic rings. The molecule has 1 fully saturated rings. The minimum absolute atomic E-state index is 0.288. The van der Waals surface area contributed by atoms with Crippen molar-refractivity contribution in [3.63, 3.8) is 0 Å². The monoisotopic (exact) mass is 288 g/mol. The quantitative estimate of drug-likeness (QED) is 0.636. The first-order valence-corrected chi connectivity index (χ1v) is 7.72. The van der Waals surface area contributed by atoms with Gasteiger partial charge in [-0.15, -0.1) is 6.42 Å². The maximum absolute atomic E-state index is 13.5. The maximum atomic E-state index is 13.5. The van der Waals surface area contributed by atoms with Crippen molar-refractivity contribution in [3.05, 3.63) is 41.0 Å². The number of hydrogen-bond acceptors (Lipinski definition) is 0. The van der Waals surface area contributed by atoms with Crippen molar-refractivity contribution >= 4 is 6.08 Å². The van der Waals surface area contributed by atoms with Crippen LogP contribution in [-0.2, 0) is 0 Å². The SMILES string of the molecule is C#Cc1c(F)cc(/C=C/CCC2CCC(C)CC2)cc1F. The molecular formula is C19H22F2. The first kappa shape index (κ1) is 15.8. The van der Waals surface area contributed by atoms with Crippen molar-refractivity contribution in [2.75, 3.05) is 0 Å². The van der Waals surface area contributed by atoms with Gasteiger partial charge in [-0.05, 0) is 42.4 Å². The number of terminal acetylenes is 1. The van der Waals surface area contributed by atoms with E-state index < -0.39 is 11.6 Å². The molecular weight excluding hydrogens is 266 g/mol. The molecule has 0 heterocycles. The smallest absolute Gasteiger partial charge is 0.142 e. The third-order valence-corrected chi connectivity index (χ3v) is 4.40. The molecule has 0 radical (unpaired) electrons. The molecule has 0 amide bonds. The molecule has 0 atom stereocenters. The summed E-state index contributed by atoms with van der Waals surface area (Å²) in [6.45, 7) is 2.32. The van der Waals surface area contributed by atoms with E-state index in [0.29, 0.717) is 5.56 Å². The van der Waals surface area contributed by atoms with Crippen LogP contribution in [0, 0.1) is 35.8 Å². The number of hydrogen-bond donors (Lipinski definition) is 0. The Hall–Kier alpha value is -1.62. The lowest BCUT2D eigenvalue weighted by atomic mass is 9.81. The van der Waals surface area contributed by atoms with Gasteiger partial charge in [0.1, 0.15) is 11.6 Å². The molecule has 0 spiro atoms. The lowest BCUT2D eigenvalue weighted by Crippen LogP contribution is -2.11. The van der Waals surface area contributed by atoms with Gasteiger partial charge in [0.2, 0.25) is 0 Å². The molecule has 0 saturated heterocycles. The molecule has 112 valence electrons. The third-order valence-electron chi connectivity index (χ3n) is 4.40. The number of benzene rings is 1. The summed E-state index contributed by atoms with van der Waals surface area (Å²) in [6.07, 6.45) is 16.3. The summed E-state index contributed by atoms with van der Waals surface area (Å²) in [7, 11) is 0. The van der Waals surface area contributed by atoms with Gasteiger partial charge >= 0.3 is 0 Å². The molecule has 1 aliphatic rings. The summed E-state index contributed by atoms with van der Waals surface area (Å²) >= 11 is 0. The van der Waals surface area contributed by atoms with Crippen molar-refractivity contribution in [2.24, 2.45) is 11.8 Å². The highest BCUT2D eigenvalue weighted by molar-refractivity contribution is 5.52. The van der Waals surface area contributed by atoms with E-state index in [4.69, 9.17) is 6.42 Å². The lowest BCUT2D eigenvalue weighted by Gasteiger charge is -2.25. The third kappa shape index (κ3) is 4.43. The summed E-state index contributed by atoms with van der Waals surface area (Å²) in [6, 6.07) is 2.58. The van der Waals surface area contributed by atoms with Crippen molar-refractivity contribution in [2.45, 2.75) is 45.4 Å². The number of allylic oxidation sites excluding steroid dienone is 1. The molecule has 0 unspecified atom stereocenters. The Morgan fingerprint density at radius 3 is 2.38 bits per heavy atom. The highest BCUT2D eigenvalue weighted by Crippen LogP contribution is 2.31. The van der Waals surface area contributed by atoms with E-state index in [0.717, 1.165) is 24.7 Å². The van der Waals surface area contributed by atoms with E-state index in [-0.39, 0.29) is 5.56 Å². The van der Waals surface area contributed by atoms with Crippen LogP contribution in [0.25, 0.3) is 6.08 Å². The zero-order chi connectivity index (χ0) is 15.2. The van der Waals surface area contributed by atoms with Crippen LogP contribution in [0.15, 0.2) is 18.2 Å². The Morgan fingerprint density at radius 1 is 1.19 bits per heavy atom. The molecule has 1 aromatic carbocycles. The van der Waals surface area contributed by atoms with Crippen molar-refractivity contribution in [1.82, 2.24) is 0 Å². The first-order chi connectivity index (χ1) is 10.1. The molecule has 2 heteroatoms. The van der Waals surface area contributed by atoms with Crippen LogP contribution in [0.4, 0.5) is 8.78 Å². The fourth-order valence-electron chi connectivity index (χ4n) is 3.00. The van der Waals surface area contributed by atoms with E-state index in [9.17, 15) is 8.78 Å². The Bertz CT molecular complexity index is 520. The van der Waals surface area contributed by atoms with Crippen LogP contribution in [0.3, 0.4) is 0 Å². The summed E-state index contributed by atoms with van der Waals surface area (Å²) in [5, 5.41) is 0. The standard InChI is InChI=1S/C19H22F2/c1-3-17-18(20)12-16(13-19(17)21)7-5-4-6-15-10-8-14(2)9-11-15/h1,5,7,12-15H,4,6,8-11H2,2H3/b7-5+. The van der Waals surface area contributed by atoms with Crippen LogP contribution < -0.4 is 0 Å². The van der Waals surface area contributed by atoms with Gasteiger partial charge in [-0.1, -0.05) is 50.7 Å². The molecule has 0 aliphatic heterocycles. The van der Waals surface area contributed by atoms with Crippen LogP contribution >= 0.6 is 0 Å². The summed E-state index contributed by atoms with van der Waals surface area (Å²) in [5.41, 5.74) is 0.241. The zero-order valence-corrected chi connectivity index (χ0v) is 12.5. The first-order valence-electron chi connectivity index (χ1n) is 7.72. The second-order valence-electron chi connectivity index (χ2n) is 6.11. The molecule has 1 aliphatic carbocycles. The van der Waals surface area contributed by atoms with Gasteiger partial charge in [-0.25, -0.2) is 8.78 Å². The minimum atomic E-state index is -0.668. The second-order valence-corrected chi connectivity index (χ2v) is 6.11. The average Bonchev–Trinajstić information content (AvgIpc) is 2.45. The number of rotatable bonds is 4. The van der Waals surface area contributed by atoms with E-state index >= 15 is 0 Å². The van der Waals surface area contributed by atoms with Crippen molar-refractivity contribution < 1.29 is 8.78 Å². The fraction of sp³-hybridized carbons (Fsp3) is 0.474. The van der Waals surface area contributed by atoms with E-state index in [1.54, 1.807) is 6.08 Å². The Labute approximate surface area is 126 Å². The number of halogens is 2. The highest BCUT2D eigenvalue weighted by Gasteiger charge is 2.17. The molecule has 0 N–H and O–H groups in total. The van der Waals surface area contributed by atoms with Crippen molar-refractivity contribution in [1.29, 1.82) is 0 Å². The van der Waals surface area contributed by atoms with Crippen LogP contribution in [0.2, 0.25) is 0 Å². The molecule has 2 rings (SSSR count). The average molecular weight is 288 g/mol. The topological polar surface area (TPSA) is 0 Å². The Balaban J connectivity index is 1.86. The highest BCUT2D eigenvalue weighted by atomic mass is 19.1. The van der Waals surface area contributed by atoms with Crippen LogP contribution in [0.1, 0.15) is 56.6 Å². The van der Waals surface area contributed by atoms with Crippen LogP contribution in [0.5, 0.6) is 0 Å². The minimum Gasteiger partial charge on any atom is -0.205 e. The second kappa shape index (κ2) is 7.41. The summed E-state index contributed by atoms with van der Waals surface area (Å²) in [5.74, 6) is 2.38. The largest absolute Gasteiger partial charge is 0.205 e. The van der Waals surface area contributed by atoms with E-state index in [1.165, 1.54) is 37.8 Å². The van der Waals surface area contributed by atoms with Gasteiger partial charge < -0.3 is 0 Å². The lowest BCUT2D eigenvalue weighted by molar-refractivity contribution is 0.279. The molecule has 1 saturated carbocycles. The fourth-order valence-corrected chi connectivity index (χ4v) is 3.00. The van der Waals surface area contributed by atoms with Gasteiger partial charge in [-0.2, -0.15) is 0 Å². The van der Waals surface area contributed by atoms with E-state index in [2.05, 4.69) is 6.92 Å². The molecule has 21 heavy (non-hydrogen) atoms.